The number of nitrogens with zero attached hydrogens (tertiary/aromatic N) is 3. The number of hydrogen-bond acceptors (Lipinski definition) is 4. The number of alkyl halides is 3. The maximum absolute atomic E-state index is 13.6. The largest absolute Gasteiger partial charge is 0.463 e. The molecule has 0 saturated heterocycles. The van der Waals surface area contributed by atoms with Gasteiger partial charge >= 0.3 is 12.2 Å². The number of benzene rings is 1. The molecule has 1 aromatic carbocycles. The van der Waals surface area contributed by atoms with Crippen LogP contribution >= 0.6 is 0 Å². The molecule has 0 unspecified atom stereocenters. The van der Waals surface area contributed by atoms with Gasteiger partial charge in [-0.1, -0.05) is 64.5 Å². The van der Waals surface area contributed by atoms with Gasteiger partial charge in [0.15, 0.2) is 5.82 Å². The van der Waals surface area contributed by atoms with Crippen LogP contribution in [0.3, 0.4) is 0 Å². The minimum Gasteiger partial charge on any atom is -0.463 e. The molecule has 0 atom stereocenters. The van der Waals surface area contributed by atoms with Crippen molar-refractivity contribution in [1.29, 1.82) is 0 Å². The van der Waals surface area contributed by atoms with Crippen molar-refractivity contribution in [2.45, 2.75) is 77.8 Å². The second-order valence-electron chi connectivity index (χ2n) is 7.84. The number of unbranched alkanes of at least 4 members (excludes halogenated alkanes) is 6. The molecule has 0 aliphatic rings. The van der Waals surface area contributed by atoms with Crippen LogP contribution in [0.15, 0.2) is 30.5 Å². The van der Waals surface area contributed by atoms with Gasteiger partial charge in [0.05, 0.1) is 6.61 Å². The second-order valence-corrected chi connectivity index (χ2v) is 7.84. The average Bonchev–Trinajstić information content (AvgIpc) is 2.75. The van der Waals surface area contributed by atoms with E-state index in [2.05, 4.69) is 23.8 Å². The van der Waals surface area contributed by atoms with Gasteiger partial charge in [-0.05, 0) is 37.0 Å². The van der Waals surface area contributed by atoms with E-state index in [0.29, 0.717) is 12.3 Å². The third-order valence-electron chi connectivity index (χ3n) is 5.22. The smallest absolute Gasteiger partial charge is 0.421 e. The highest BCUT2D eigenvalue weighted by Gasteiger charge is 2.36. The molecule has 4 nitrogen and oxygen atoms in total. The Kier molecular flexibility index (Phi) is 10.1. The Morgan fingerprint density at radius 1 is 0.968 bits per heavy atom. The van der Waals surface area contributed by atoms with Crippen LogP contribution in [0.4, 0.5) is 24.7 Å². The number of hydrogen-bond donors (Lipinski definition) is 0. The molecule has 1 aromatic heterocycles. The molecule has 0 bridgehead atoms. The van der Waals surface area contributed by atoms with Crippen molar-refractivity contribution in [2.75, 3.05) is 18.6 Å². The maximum Gasteiger partial charge on any atom is 0.421 e. The summed E-state index contributed by atoms with van der Waals surface area (Å²) in [5, 5.41) is 0. The minimum absolute atomic E-state index is 0.0259. The van der Waals surface area contributed by atoms with E-state index in [-0.39, 0.29) is 11.8 Å². The van der Waals surface area contributed by atoms with E-state index in [0.717, 1.165) is 56.7 Å². The topological polar surface area (TPSA) is 38.2 Å². The first-order valence-electron chi connectivity index (χ1n) is 11.3. The Morgan fingerprint density at radius 3 is 2.35 bits per heavy atom. The monoisotopic (exact) mass is 437 g/mol. The zero-order valence-corrected chi connectivity index (χ0v) is 18.8. The van der Waals surface area contributed by atoms with Gasteiger partial charge in [-0.25, -0.2) is 4.98 Å². The fourth-order valence-corrected chi connectivity index (χ4v) is 3.37. The molecule has 0 amide bonds. The van der Waals surface area contributed by atoms with Crippen LogP contribution in [-0.4, -0.2) is 23.6 Å². The summed E-state index contributed by atoms with van der Waals surface area (Å²) < 4.78 is 46.4. The van der Waals surface area contributed by atoms with Crippen molar-refractivity contribution < 1.29 is 17.9 Å². The lowest BCUT2D eigenvalue weighted by Gasteiger charge is -2.23. The van der Waals surface area contributed by atoms with Gasteiger partial charge < -0.3 is 9.64 Å². The standard InChI is InChI=1S/C24H34F3N3O/c1-4-6-8-10-13-19-14-12-15-20(17-19)30(3)22-21(24(25,26)27)18-28-23(29-22)31-16-11-9-7-5-2/h12,14-15,17-18H,4-11,13,16H2,1-3H3. The van der Waals surface area contributed by atoms with E-state index in [9.17, 15) is 13.2 Å². The quantitative estimate of drug-likeness (QED) is 0.307. The number of anilines is 2. The van der Waals surface area contributed by atoms with E-state index in [1.54, 1.807) is 13.1 Å². The molecule has 0 N–H and O–H groups in total. The first kappa shape index (κ1) is 25.0. The molecule has 0 radical (unpaired) electrons. The number of ether oxygens (including phenoxy) is 1. The van der Waals surface area contributed by atoms with Crippen LogP contribution < -0.4 is 9.64 Å². The van der Waals surface area contributed by atoms with Crippen molar-refractivity contribution in [1.82, 2.24) is 9.97 Å². The van der Waals surface area contributed by atoms with Crippen LogP contribution in [0, 0.1) is 0 Å². The molecular formula is C24H34F3N3O. The van der Waals surface area contributed by atoms with Crippen LogP contribution in [0.5, 0.6) is 6.01 Å². The highest BCUT2D eigenvalue weighted by Crippen LogP contribution is 2.37. The first-order chi connectivity index (χ1) is 14.9. The van der Waals surface area contributed by atoms with Gasteiger partial charge in [-0.3, -0.25) is 0 Å². The Labute approximate surface area is 183 Å². The van der Waals surface area contributed by atoms with Crippen LogP contribution in [0.2, 0.25) is 0 Å². The van der Waals surface area contributed by atoms with Crippen LogP contribution in [0.1, 0.15) is 76.3 Å². The summed E-state index contributed by atoms with van der Waals surface area (Å²) in [5.74, 6) is -0.200. The Balaban J connectivity index is 2.20. The highest BCUT2D eigenvalue weighted by atomic mass is 19.4. The number of aromatic nitrogens is 2. The molecule has 1 heterocycles. The Bertz CT molecular complexity index is 796. The molecule has 0 aliphatic carbocycles. The van der Waals surface area contributed by atoms with Gasteiger partial charge in [0, 0.05) is 18.9 Å². The molecule has 0 spiro atoms. The van der Waals surface area contributed by atoms with Crippen molar-refractivity contribution in [2.24, 2.45) is 0 Å². The number of aryl methyl sites for hydroxylation is 1. The summed E-state index contributed by atoms with van der Waals surface area (Å²) >= 11 is 0. The zero-order chi connectivity index (χ0) is 22.7. The lowest BCUT2D eigenvalue weighted by Crippen LogP contribution is -2.19. The SMILES string of the molecule is CCCCCCOc1ncc(C(F)(F)F)c(N(C)c2cccc(CCCCCC)c2)n1. The normalized spacial score (nSPS) is 11.5. The fraction of sp³-hybridized carbons (Fsp3) is 0.583. The Hall–Kier alpha value is -2.31. The molecule has 0 saturated carbocycles. The lowest BCUT2D eigenvalue weighted by molar-refractivity contribution is -0.137. The third-order valence-corrected chi connectivity index (χ3v) is 5.22. The summed E-state index contributed by atoms with van der Waals surface area (Å²) in [7, 11) is 1.60. The zero-order valence-electron chi connectivity index (χ0n) is 18.8. The van der Waals surface area contributed by atoms with Crippen molar-refractivity contribution in [3.05, 3.63) is 41.6 Å². The third kappa shape index (κ3) is 8.04. The summed E-state index contributed by atoms with van der Waals surface area (Å²) in [6.07, 6.45) is 5.77. The molecule has 0 aliphatic heterocycles. The van der Waals surface area contributed by atoms with Gasteiger partial charge in [-0.15, -0.1) is 0 Å². The Morgan fingerprint density at radius 2 is 1.68 bits per heavy atom. The maximum atomic E-state index is 13.6. The molecule has 31 heavy (non-hydrogen) atoms. The second kappa shape index (κ2) is 12.5. The van der Waals surface area contributed by atoms with Gasteiger partial charge in [-0.2, -0.15) is 18.2 Å². The van der Waals surface area contributed by atoms with Crippen molar-refractivity contribution >= 4 is 11.5 Å². The van der Waals surface area contributed by atoms with E-state index in [1.165, 1.54) is 17.7 Å². The van der Waals surface area contributed by atoms with Crippen LogP contribution in [0.25, 0.3) is 0 Å². The summed E-state index contributed by atoms with van der Waals surface area (Å²) in [5.41, 5.74) is 0.892. The lowest BCUT2D eigenvalue weighted by atomic mass is 10.1. The predicted molar refractivity (Wildman–Crippen MR) is 119 cm³/mol. The summed E-state index contributed by atoms with van der Waals surface area (Å²) in [6.45, 7) is 4.67. The van der Waals surface area contributed by atoms with Gasteiger partial charge in [0.1, 0.15) is 5.56 Å². The summed E-state index contributed by atoms with van der Waals surface area (Å²) in [4.78, 5) is 9.38. The van der Waals surface area contributed by atoms with E-state index in [1.807, 2.05) is 18.2 Å². The van der Waals surface area contributed by atoms with Crippen LogP contribution in [-0.2, 0) is 12.6 Å². The first-order valence-corrected chi connectivity index (χ1v) is 11.3. The molecule has 2 aromatic rings. The average molecular weight is 438 g/mol. The van der Waals surface area contributed by atoms with Crippen molar-refractivity contribution in [3.8, 4) is 6.01 Å². The van der Waals surface area contributed by atoms with Gasteiger partial charge in [0.2, 0.25) is 0 Å². The molecule has 7 heteroatoms. The molecule has 172 valence electrons. The highest BCUT2D eigenvalue weighted by molar-refractivity contribution is 5.63. The van der Waals surface area contributed by atoms with Gasteiger partial charge in [0.25, 0.3) is 0 Å². The summed E-state index contributed by atoms with van der Waals surface area (Å²) in [6, 6.07) is 7.59. The molecule has 0 fully saturated rings. The van der Waals surface area contributed by atoms with E-state index in [4.69, 9.17) is 4.74 Å². The predicted octanol–water partition coefficient (Wildman–Crippen LogP) is 7.35. The van der Waals surface area contributed by atoms with Crippen molar-refractivity contribution in [3.63, 3.8) is 0 Å². The molecular weight excluding hydrogens is 403 g/mol. The molecule has 2 rings (SSSR count). The fourth-order valence-electron chi connectivity index (χ4n) is 3.37. The minimum atomic E-state index is -4.55. The van der Waals surface area contributed by atoms with E-state index >= 15 is 0 Å². The number of halogens is 3. The number of rotatable bonds is 13. The van der Waals surface area contributed by atoms with E-state index < -0.39 is 11.7 Å².